The molecule has 1 saturated heterocycles. The Morgan fingerprint density at radius 2 is 1.46 bits per heavy atom. The van der Waals surface area contributed by atoms with Gasteiger partial charge >= 0.3 is 0 Å². The Labute approximate surface area is 293 Å². The van der Waals surface area contributed by atoms with Crippen LogP contribution >= 0.6 is 0 Å². The van der Waals surface area contributed by atoms with Crippen LogP contribution in [0.15, 0.2) is 115 Å². The second kappa shape index (κ2) is 13.7. The van der Waals surface area contributed by atoms with Crippen molar-refractivity contribution in [1.82, 2.24) is 4.90 Å². The van der Waals surface area contributed by atoms with Crippen LogP contribution in [0.1, 0.15) is 68.2 Å². The molecular formula is C45H43N3O2. The maximum atomic E-state index is 14.3. The summed E-state index contributed by atoms with van der Waals surface area (Å²) in [5.41, 5.74) is 14.3. The van der Waals surface area contributed by atoms with Gasteiger partial charge in [-0.05, 0) is 125 Å². The van der Waals surface area contributed by atoms with Gasteiger partial charge in [-0.3, -0.25) is 14.5 Å². The van der Waals surface area contributed by atoms with E-state index in [1.54, 1.807) is 24.3 Å². The van der Waals surface area contributed by atoms with Crippen molar-refractivity contribution in [3.05, 3.63) is 170 Å². The fourth-order valence-electron chi connectivity index (χ4n) is 8.47. The molecule has 3 N–H and O–H groups in total. The number of nitrogens with one attached hydrogen (secondary N) is 1. The number of nitrogens with two attached hydrogens (primary N) is 1. The number of ketones is 1. The molecule has 0 spiro atoms. The van der Waals surface area contributed by atoms with Gasteiger partial charge < -0.3 is 11.1 Å². The summed E-state index contributed by atoms with van der Waals surface area (Å²) in [6.45, 7) is 5.08. The average molecular weight is 658 g/mol. The van der Waals surface area contributed by atoms with Crippen molar-refractivity contribution in [2.45, 2.75) is 51.1 Å². The second-order valence-electron chi connectivity index (χ2n) is 14.2. The van der Waals surface area contributed by atoms with Crippen LogP contribution < -0.4 is 21.5 Å². The van der Waals surface area contributed by atoms with Gasteiger partial charge in [0.15, 0.2) is 5.78 Å². The van der Waals surface area contributed by atoms with Crippen LogP contribution in [0.3, 0.4) is 0 Å². The molecule has 0 aromatic heterocycles. The number of amides is 1. The molecule has 3 aliphatic rings. The molecular weight excluding hydrogens is 615 g/mol. The lowest BCUT2D eigenvalue weighted by Crippen LogP contribution is -2.40. The van der Waals surface area contributed by atoms with Crippen LogP contribution in [0, 0.1) is 23.3 Å². The number of nitrogens with zero attached hydrogens (tertiary/aromatic N) is 1. The highest BCUT2D eigenvalue weighted by Crippen LogP contribution is 2.38. The third kappa shape index (κ3) is 6.12. The Balaban J connectivity index is 1.13. The smallest absolute Gasteiger partial charge is 0.255 e. The summed E-state index contributed by atoms with van der Waals surface area (Å²) in [6.07, 6.45) is 6.39. The maximum absolute atomic E-state index is 14.3. The predicted octanol–water partition coefficient (Wildman–Crippen LogP) is 6.63. The second-order valence-corrected chi connectivity index (χ2v) is 14.2. The monoisotopic (exact) mass is 657 g/mol. The standard InChI is InChI=1S/C45H43N3O2/c1-29-9-5-7-13-35(29)45(50)47-34-17-15-32(16-18-34)44(49)43-39-20-19-37-36-14-8-6-12-33(36)27-40(42(37)38(39)21-22-41(43)46)31-23-25-48(26-24-31)28-30-10-3-2-4-11-30/h2-20,27,31,40-41H,21-26,28,46H2,1H3,(H,47,50). The van der Waals surface area contributed by atoms with E-state index < -0.39 is 0 Å². The number of benzene rings is 5. The van der Waals surface area contributed by atoms with Crippen molar-refractivity contribution >= 4 is 29.0 Å². The quantitative estimate of drug-likeness (QED) is 0.193. The number of rotatable bonds is 7. The average Bonchev–Trinajstić information content (AvgIpc) is 3.15. The maximum Gasteiger partial charge on any atom is 0.255 e. The van der Waals surface area contributed by atoms with Gasteiger partial charge in [-0.2, -0.15) is 0 Å². The molecule has 1 heterocycles. The number of fused-ring (bicyclic) bond motifs is 4. The van der Waals surface area contributed by atoms with Gasteiger partial charge in [-0.1, -0.05) is 91.0 Å². The zero-order valence-corrected chi connectivity index (χ0v) is 28.6. The molecule has 2 aliphatic carbocycles. The van der Waals surface area contributed by atoms with E-state index in [-0.39, 0.29) is 23.7 Å². The molecule has 2 atom stereocenters. The highest BCUT2D eigenvalue weighted by Gasteiger charge is 2.33. The van der Waals surface area contributed by atoms with E-state index in [4.69, 9.17) is 5.73 Å². The number of hydrogen-bond donors (Lipinski definition) is 2. The number of Topliss-reactive ketones (excluding diaryl/α,β-unsaturated/α-hetero) is 1. The van der Waals surface area contributed by atoms with E-state index >= 15 is 0 Å². The Bertz CT molecular complexity index is 2310. The van der Waals surface area contributed by atoms with Crippen molar-refractivity contribution in [2.24, 2.45) is 11.7 Å². The molecule has 5 nitrogen and oxygen atoms in total. The molecule has 2 unspecified atom stereocenters. The van der Waals surface area contributed by atoms with Crippen LogP contribution in [0.25, 0.3) is 11.6 Å². The fourth-order valence-corrected chi connectivity index (χ4v) is 8.47. The summed E-state index contributed by atoms with van der Waals surface area (Å²) in [5.74, 6) is 0.605. The molecule has 8 rings (SSSR count). The normalized spacial score (nSPS) is 18.7. The SMILES string of the molecule is Cc1ccccc1C(=O)Nc1ccc(C(=O)C2=c3ccc4c(c3CCC2N)C(C2CCN(Cc3ccccc3)CC2)C=c2ccccc2=4)cc1. The van der Waals surface area contributed by atoms with Crippen molar-refractivity contribution in [3.63, 3.8) is 0 Å². The third-order valence-corrected chi connectivity index (χ3v) is 11.1. The van der Waals surface area contributed by atoms with Crippen LogP contribution in [-0.4, -0.2) is 35.7 Å². The van der Waals surface area contributed by atoms with Crippen LogP contribution in [0.4, 0.5) is 5.69 Å². The zero-order valence-electron chi connectivity index (χ0n) is 28.6. The predicted molar refractivity (Wildman–Crippen MR) is 201 cm³/mol. The minimum Gasteiger partial charge on any atom is -0.324 e. The molecule has 1 amide bonds. The highest BCUT2D eigenvalue weighted by atomic mass is 16.1. The molecule has 0 bridgehead atoms. The van der Waals surface area contributed by atoms with Gasteiger partial charge in [0.1, 0.15) is 0 Å². The Morgan fingerprint density at radius 3 is 2.24 bits per heavy atom. The topological polar surface area (TPSA) is 75.4 Å². The lowest BCUT2D eigenvalue weighted by atomic mass is 9.72. The van der Waals surface area contributed by atoms with Gasteiger partial charge in [0.25, 0.3) is 5.91 Å². The molecule has 0 radical (unpaired) electrons. The number of hydrogen-bond acceptors (Lipinski definition) is 4. The number of likely N-dealkylation sites (tertiary alicyclic amines) is 1. The summed E-state index contributed by atoms with van der Waals surface area (Å²) < 4.78 is 0. The van der Waals surface area contributed by atoms with Crippen LogP contribution in [0.5, 0.6) is 0 Å². The van der Waals surface area contributed by atoms with Crippen molar-refractivity contribution in [2.75, 3.05) is 18.4 Å². The summed E-state index contributed by atoms with van der Waals surface area (Å²) in [6, 6.07) is 38.3. The van der Waals surface area contributed by atoms with Crippen molar-refractivity contribution in [3.8, 4) is 0 Å². The molecule has 5 aromatic carbocycles. The molecule has 5 aromatic rings. The van der Waals surface area contributed by atoms with Crippen molar-refractivity contribution < 1.29 is 9.59 Å². The minimum atomic E-state index is -0.340. The summed E-state index contributed by atoms with van der Waals surface area (Å²) in [5, 5.41) is 7.85. The summed E-state index contributed by atoms with van der Waals surface area (Å²) in [7, 11) is 0. The lowest BCUT2D eigenvalue weighted by Gasteiger charge is -2.37. The highest BCUT2D eigenvalue weighted by molar-refractivity contribution is 6.25. The van der Waals surface area contributed by atoms with E-state index in [1.807, 2.05) is 31.2 Å². The van der Waals surface area contributed by atoms with Crippen molar-refractivity contribution in [1.29, 1.82) is 0 Å². The van der Waals surface area contributed by atoms with Gasteiger partial charge in [0.2, 0.25) is 0 Å². The van der Waals surface area contributed by atoms with Gasteiger partial charge in [0, 0.05) is 40.9 Å². The lowest BCUT2D eigenvalue weighted by molar-refractivity contribution is 0.102. The molecule has 1 fully saturated rings. The Hall–Kier alpha value is -5.10. The van der Waals surface area contributed by atoms with E-state index in [0.717, 1.165) is 56.1 Å². The number of anilines is 1. The van der Waals surface area contributed by atoms with Crippen LogP contribution in [0.2, 0.25) is 0 Å². The Kier molecular flexibility index (Phi) is 8.78. The molecule has 50 heavy (non-hydrogen) atoms. The first kappa shape index (κ1) is 32.1. The summed E-state index contributed by atoms with van der Waals surface area (Å²) in [4.78, 5) is 29.8. The third-order valence-electron chi connectivity index (χ3n) is 11.1. The zero-order chi connectivity index (χ0) is 34.2. The molecule has 1 aliphatic heterocycles. The van der Waals surface area contributed by atoms with E-state index in [0.29, 0.717) is 28.3 Å². The van der Waals surface area contributed by atoms with Gasteiger partial charge in [-0.15, -0.1) is 0 Å². The first-order chi connectivity index (χ1) is 24.4. The van der Waals surface area contributed by atoms with Gasteiger partial charge in [0.05, 0.1) is 0 Å². The largest absolute Gasteiger partial charge is 0.324 e. The molecule has 0 saturated carbocycles. The number of aryl methyl sites for hydroxylation is 1. The molecule has 250 valence electrons. The van der Waals surface area contributed by atoms with Gasteiger partial charge in [-0.25, -0.2) is 0 Å². The fraction of sp³-hybridized carbons (Fsp3) is 0.244. The van der Waals surface area contributed by atoms with Crippen LogP contribution in [-0.2, 0) is 13.0 Å². The first-order valence-electron chi connectivity index (χ1n) is 18.0. The Morgan fingerprint density at radius 1 is 0.760 bits per heavy atom. The number of piperidine rings is 1. The van der Waals surface area contributed by atoms with E-state index in [2.05, 4.69) is 83.0 Å². The van der Waals surface area contributed by atoms with E-state index in [9.17, 15) is 9.59 Å². The number of carbonyl (C=O) groups excluding carboxylic acids is 2. The number of carbonyl (C=O) groups is 2. The first-order valence-corrected chi connectivity index (χ1v) is 18.0. The summed E-state index contributed by atoms with van der Waals surface area (Å²) >= 11 is 0. The minimum absolute atomic E-state index is 0.0406. The molecule has 5 heteroatoms. The van der Waals surface area contributed by atoms with E-state index in [1.165, 1.54) is 32.3 Å².